The molecule has 0 bridgehead atoms. The van der Waals surface area contributed by atoms with Crippen LogP contribution in [0.2, 0.25) is 0 Å². The Morgan fingerprint density at radius 3 is 3.00 bits per heavy atom. The SMILES string of the molecule is [O-][n+]1ccccc1SCC(O)COCc1ccco1. The molecular weight excluding hydrogens is 266 g/mol. The maximum atomic E-state index is 11.4. The van der Waals surface area contributed by atoms with Gasteiger partial charge in [-0.1, -0.05) is 11.8 Å². The minimum atomic E-state index is -0.625. The third-order valence-corrected chi connectivity index (χ3v) is 3.51. The Bertz CT molecular complexity index is 489. The second kappa shape index (κ2) is 7.18. The molecule has 0 saturated carbocycles. The van der Waals surface area contributed by atoms with Gasteiger partial charge in [-0.2, -0.15) is 4.73 Å². The van der Waals surface area contributed by atoms with E-state index in [9.17, 15) is 10.3 Å². The summed E-state index contributed by atoms with van der Waals surface area (Å²) < 4.78 is 11.2. The first-order valence-electron chi connectivity index (χ1n) is 5.85. The Morgan fingerprint density at radius 1 is 1.37 bits per heavy atom. The van der Waals surface area contributed by atoms with Crippen molar-refractivity contribution in [1.29, 1.82) is 0 Å². The highest BCUT2D eigenvalue weighted by Crippen LogP contribution is 2.14. The molecule has 0 aliphatic rings. The van der Waals surface area contributed by atoms with Gasteiger partial charge >= 0.3 is 0 Å². The lowest BCUT2D eigenvalue weighted by Gasteiger charge is -2.10. The molecular formula is C13H15NO4S. The van der Waals surface area contributed by atoms with Crippen LogP contribution in [-0.4, -0.2) is 23.6 Å². The molecule has 0 saturated heterocycles. The maximum absolute atomic E-state index is 11.4. The van der Waals surface area contributed by atoms with E-state index < -0.39 is 6.10 Å². The van der Waals surface area contributed by atoms with Crippen LogP contribution in [0, 0.1) is 5.21 Å². The number of hydrogen-bond acceptors (Lipinski definition) is 5. The van der Waals surface area contributed by atoms with Crippen LogP contribution >= 0.6 is 11.8 Å². The Morgan fingerprint density at radius 2 is 2.26 bits per heavy atom. The highest BCUT2D eigenvalue weighted by Gasteiger charge is 2.10. The van der Waals surface area contributed by atoms with Crippen LogP contribution in [0.3, 0.4) is 0 Å². The lowest BCUT2D eigenvalue weighted by molar-refractivity contribution is -0.645. The van der Waals surface area contributed by atoms with Gasteiger partial charge in [0.05, 0.1) is 19.0 Å². The second-order valence-electron chi connectivity index (χ2n) is 3.92. The van der Waals surface area contributed by atoms with E-state index in [-0.39, 0.29) is 6.61 Å². The molecule has 2 aromatic rings. The van der Waals surface area contributed by atoms with Crippen LogP contribution < -0.4 is 4.73 Å². The molecule has 0 aliphatic heterocycles. The van der Waals surface area contributed by atoms with Gasteiger partial charge in [-0.25, -0.2) is 0 Å². The molecule has 19 heavy (non-hydrogen) atoms. The molecule has 1 atom stereocenters. The molecule has 2 rings (SSSR count). The fraction of sp³-hybridized carbons (Fsp3) is 0.308. The third kappa shape index (κ3) is 4.59. The van der Waals surface area contributed by atoms with Crippen molar-refractivity contribution < 1.29 is 19.0 Å². The summed E-state index contributed by atoms with van der Waals surface area (Å²) in [5.74, 6) is 1.13. The number of aliphatic hydroxyl groups is 1. The zero-order valence-electron chi connectivity index (χ0n) is 10.3. The topological polar surface area (TPSA) is 69.5 Å². The molecule has 0 radical (unpaired) electrons. The first kappa shape index (κ1) is 13.9. The highest BCUT2D eigenvalue weighted by atomic mass is 32.2. The average Bonchev–Trinajstić information content (AvgIpc) is 2.91. The Kier molecular flexibility index (Phi) is 5.26. The number of hydrogen-bond donors (Lipinski definition) is 1. The summed E-state index contributed by atoms with van der Waals surface area (Å²) in [6.45, 7) is 0.543. The number of pyridine rings is 1. The average molecular weight is 281 g/mol. The van der Waals surface area contributed by atoms with E-state index in [1.54, 1.807) is 30.5 Å². The summed E-state index contributed by atoms with van der Waals surface area (Å²) in [4.78, 5) is 0. The molecule has 5 nitrogen and oxygen atoms in total. The van der Waals surface area contributed by atoms with E-state index in [2.05, 4.69) is 0 Å². The molecule has 0 fully saturated rings. The van der Waals surface area contributed by atoms with Gasteiger partial charge < -0.3 is 19.5 Å². The number of aliphatic hydroxyl groups excluding tert-OH is 1. The first-order valence-corrected chi connectivity index (χ1v) is 6.83. The van der Waals surface area contributed by atoms with E-state index >= 15 is 0 Å². The van der Waals surface area contributed by atoms with Gasteiger partial charge in [-0.15, -0.1) is 0 Å². The Balaban J connectivity index is 1.67. The van der Waals surface area contributed by atoms with Crippen molar-refractivity contribution in [1.82, 2.24) is 0 Å². The summed E-state index contributed by atoms with van der Waals surface area (Å²) in [5.41, 5.74) is 0. The van der Waals surface area contributed by atoms with E-state index in [0.29, 0.717) is 17.4 Å². The van der Waals surface area contributed by atoms with Crippen molar-refractivity contribution >= 4 is 11.8 Å². The smallest absolute Gasteiger partial charge is 0.251 e. The number of ether oxygens (including phenoxy) is 1. The molecule has 1 N–H and O–H groups in total. The number of rotatable bonds is 7. The molecule has 6 heteroatoms. The van der Waals surface area contributed by atoms with Gasteiger partial charge in [-0.05, 0) is 18.2 Å². The van der Waals surface area contributed by atoms with E-state index in [0.717, 1.165) is 10.5 Å². The minimum Gasteiger partial charge on any atom is -0.618 e. The summed E-state index contributed by atoms with van der Waals surface area (Å²) in [7, 11) is 0. The molecule has 1 unspecified atom stereocenters. The van der Waals surface area contributed by atoms with Crippen LogP contribution in [0.1, 0.15) is 5.76 Å². The summed E-state index contributed by atoms with van der Waals surface area (Å²) in [5, 5.41) is 21.7. The van der Waals surface area contributed by atoms with Crippen molar-refractivity contribution in [3.63, 3.8) is 0 Å². The van der Waals surface area contributed by atoms with Gasteiger partial charge in [0.15, 0.2) is 6.20 Å². The number of nitrogens with zero attached hydrogens (tertiary/aromatic N) is 1. The fourth-order valence-electron chi connectivity index (χ4n) is 1.44. The van der Waals surface area contributed by atoms with Crippen LogP contribution in [0.4, 0.5) is 0 Å². The summed E-state index contributed by atoms with van der Waals surface area (Å²) in [6.07, 6.45) is 2.38. The van der Waals surface area contributed by atoms with Crippen molar-refractivity contribution in [3.05, 3.63) is 53.8 Å². The minimum absolute atomic E-state index is 0.208. The molecule has 2 aromatic heterocycles. The normalized spacial score (nSPS) is 12.5. The lowest BCUT2D eigenvalue weighted by Crippen LogP contribution is -2.28. The second-order valence-corrected chi connectivity index (χ2v) is 4.96. The van der Waals surface area contributed by atoms with E-state index in [4.69, 9.17) is 9.15 Å². The van der Waals surface area contributed by atoms with Crippen LogP contribution in [0.15, 0.2) is 52.2 Å². The van der Waals surface area contributed by atoms with Crippen molar-refractivity contribution in [3.8, 4) is 0 Å². The molecule has 0 aliphatic carbocycles. The third-order valence-electron chi connectivity index (χ3n) is 2.35. The van der Waals surface area contributed by atoms with Crippen molar-refractivity contribution in [2.24, 2.45) is 0 Å². The Labute approximate surface area is 115 Å². The maximum Gasteiger partial charge on any atom is 0.251 e. The predicted octanol–water partition coefficient (Wildman–Crippen LogP) is 1.58. The predicted molar refractivity (Wildman–Crippen MR) is 70.5 cm³/mol. The lowest BCUT2D eigenvalue weighted by atomic mass is 10.4. The van der Waals surface area contributed by atoms with E-state index in [1.165, 1.54) is 18.0 Å². The van der Waals surface area contributed by atoms with Gasteiger partial charge in [0.25, 0.3) is 5.03 Å². The molecule has 102 valence electrons. The van der Waals surface area contributed by atoms with Crippen LogP contribution in [0.5, 0.6) is 0 Å². The van der Waals surface area contributed by atoms with Crippen molar-refractivity contribution in [2.45, 2.75) is 17.7 Å². The highest BCUT2D eigenvalue weighted by molar-refractivity contribution is 7.99. The molecule has 0 aromatic carbocycles. The number of thioether (sulfide) groups is 1. The van der Waals surface area contributed by atoms with Crippen LogP contribution in [-0.2, 0) is 11.3 Å². The molecule has 0 spiro atoms. The Hall–Kier alpha value is -1.50. The quantitative estimate of drug-likeness (QED) is 0.474. The van der Waals surface area contributed by atoms with Gasteiger partial charge in [0, 0.05) is 17.9 Å². The number of furan rings is 1. The first-order chi connectivity index (χ1) is 9.25. The summed E-state index contributed by atoms with van der Waals surface area (Å²) >= 11 is 1.30. The zero-order chi connectivity index (χ0) is 13.5. The van der Waals surface area contributed by atoms with Crippen LogP contribution in [0.25, 0.3) is 0 Å². The largest absolute Gasteiger partial charge is 0.618 e. The van der Waals surface area contributed by atoms with Gasteiger partial charge in [0.1, 0.15) is 12.4 Å². The summed E-state index contributed by atoms with van der Waals surface area (Å²) in [6, 6.07) is 8.77. The van der Waals surface area contributed by atoms with E-state index in [1.807, 2.05) is 6.07 Å². The monoisotopic (exact) mass is 281 g/mol. The van der Waals surface area contributed by atoms with Crippen molar-refractivity contribution in [2.75, 3.05) is 12.4 Å². The zero-order valence-corrected chi connectivity index (χ0v) is 11.1. The standard InChI is InChI=1S/C13H15NO4S/c15-11(8-17-9-12-4-3-7-18-12)10-19-13-5-1-2-6-14(13)16/h1-7,11,15H,8-10H2. The number of aromatic nitrogens is 1. The fourth-order valence-corrected chi connectivity index (χ4v) is 2.27. The molecule has 0 amide bonds. The van der Waals surface area contributed by atoms with Gasteiger partial charge in [-0.3, -0.25) is 0 Å². The molecule has 2 heterocycles. The van der Waals surface area contributed by atoms with Gasteiger partial charge in [0.2, 0.25) is 0 Å².